The number of methoxy groups -OCH3 is 1. The van der Waals surface area contributed by atoms with Crippen LogP contribution < -0.4 is 4.74 Å². The highest BCUT2D eigenvalue weighted by atomic mass is 19.1. The third-order valence-electron chi connectivity index (χ3n) is 5.49. The number of carbonyl (C=O) groups excluding carboxylic acids is 1. The van der Waals surface area contributed by atoms with Gasteiger partial charge in [0.25, 0.3) is 0 Å². The van der Waals surface area contributed by atoms with Crippen molar-refractivity contribution < 1.29 is 18.7 Å². The Balaban J connectivity index is 1.52. The number of carbonyl (C=O) groups is 1. The maximum absolute atomic E-state index is 14.3. The van der Waals surface area contributed by atoms with Crippen LogP contribution in [0, 0.1) is 5.82 Å². The van der Waals surface area contributed by atoms with Crippen LogP contribution in [0.2, 0.25) is 0 Å². The molecule has 1 atom stereocenters. The van der Waals surface area contributed by atoms with Gasteiger partial charge in [-0.1, -0.05) is 6.07 Å². The Labute approximate surface area is 160 Å². The summed E-state index contributed by atoms with van der Waals surface area (Å²) in [5.74, 6) is 0.340. The number of hydrogen-bond donors (Lipinski definition) is 0. The fourth-order valence-corrected chi connectivity index (χ4v) is 3.98. The fourth-order valence-electron chi connectivity index (χ4n) is 3.98. The SMILES string of the molecule is CCOC(=O)N1CCN([C@H]2CCCN(Cc3ccc(OC)cc3F)C2)CC1. The van der Waals surface area contributed by atoms with Gasteiger partial charge in [0.2, 0.25) is 0 Å². The Morgan fingerprint density at radius 3 is 2.67 bits per heavy atom. The van der Waals surface area contributed by atoms with Crippen LogP contribution in [0.25, 0.3) is 0 Å². The first-order valence-corrected chi connectivity index (χ1v) is 9.81. The van der Waals surface area contributed by atoms with Crippen LogP contribution >= 0.6 is 0 Å². The molecule has 2 aliphatic heterocycles. The van der Waals surface area contributed by atoms with Gasteiger partial charge in [-0.3, -0.25) is 9.80 Å². The quantitative estimate of drug-likeness (QED) is 0.787. The first kappa shape index (κ1) is 19.9. The Kier molecular flexibility index (Phi) is 6.90. The molecule has 150 valence electrons. The molecule has 3 rings (SSSR count). The summed E-state index contributed by atoms with van der Waals surface area (Å²) in [7, 11) is 1.55. The number of ether oxygens (including phenoxy) is 2. The standard InChI is InChI=1S/C20H30FN3O3/c1-3-27-20(25)24-11-9-23(10-12-24)17-5-4-8-22(15-17)14-16-6-7-18(26-2)13-19(16)21/h6-7,13,17H,3-5,8-12,14-15H2,1-2H3/t17-/m0/s1. The van der Waals surface area contributed by atoms with Crippen LogP contribution in [-0.2, 0) is 11.3 Å². The molecular weight excluding hydrogens is 349 g/mol. The van der Waals surface area contributed by atoms with E-state index in [4.69, 9.17) is 9.47 Å². The van der Waals surface area contributed by atoms with Gasteiger partial charge in [-0.05, 0) is 32.4 Å². The van der Waals surface area contributed by atoms with Gasteiger partial charge in [0.1, 0.15) is 11.6 Å². The Morgan fingerprint density at radius 1 is 1.22 bits per heavy atom. The van der Waals surface area contributed by atoms with Crippen LogP contribution in [0.1, 0.15) is 25.3 Å². The Hall–Kier alpha value is -1.86. The average molecular weight is 379 g/mol. The normalized spacial score (nSPS) is 21.9. The molecule has 2 fully saturated rings. The van der Waals surface area contributed by atoms with Crippen molar-refractivity contribution in [1.82, 2.24) is 14.7 Å². The van der Waals surface area contributed by atoms with Crippen molar-refractivity contribution in [2.75, 3.05) is 53.0 Å². The number of piperidine rings is 1. The smallest absolute Gasteiger partial charge is 0.409 e. The van der Waals surface area contributed by atoms with Crippen molar-refractivity contribution in [3.8, 4) is 5.75 Å². The zero-order valence-electron chi connectivity index (χ0n) is 16.3. The molecule has 1 aromatic rings. The minimum absolute atomic E-state index is 0.209. The number of benzene rings is 1. The van der Waals surface area contributed by atoms with E-state index >= 15 is 0 Å². The highest BCUT2D eigenvalue weighted by molar-refractivity contribution is 5.67. The molecule has 0 aromatic heterocycles. The maximum atomic E-state index is 14.3. The third-order valence-corrected chi connectivity index (χ3v) is 5.49. The molecule has 27 heavy (non-hydrogen) atoms. The van der Waals surface area contributed by atoms with Gasteiger partial charge in [-0.15, -0.1) is 0 Å². The van der Waals surface area contributed by atoms with E-state index < -0.39 is 0 Å². The van der Waals surface area contributed by atoms with Gasteiger partial charge in [-0.25, -0.2) is 9.18 Å². The number of likely N-dealkylation sites (tertiary alicyclic amines) is 1. The molecule has 0 N–H and O–H groups in total. The third kappa shape index (κ3) is 5.11. The highest BCUT2D eigenvalue weighted by Crippen LogP contribution is 2.22. The number of amides is 1. The Morgan fingerprint density at radius 2 is 2.00 bits per heavy atom. The number of halogens is 1. The zero-order chi connectivity index (χ0) is 19.2. The topological polar surface area (TPSA) is 45.2 Å². The van der Waals surface area contributed by atoms with Crippen LogP contribution in [0.5, 0.6) is 5.75 Å². The van der Waals surface area contributed by atoms with Crippen LogP contribution in [-0.4, -0.2) is 79.8 Å². The number of nitrogens with zero attached hydrogens (tertiary/aromatic N) is 3. The lowest BCUT2D eigenvalue weighted by Crippen LogP contribution is -2.55. The summed E-state index contributed by atoms with van der Waals surface area (Å²) in [5.41, 5.74) is 0.712. The van der Waals surface area contributed by atoms with Gasteiger partial charge in [0.05, 0.1) is 13.7 Å². The zero-order valence-corrected chi connectivity index (χ0v) is 16.3. The molecule has 2 saturated heterocycles. The molecule has 7 heteroatoms. The summed E-state index contributed by atoms with van der Waals surface area (Å²) in [4.78, 5) is 18.4. The molecule has 0 radical (unpaired) electrons. The van der Waals surface area contributed by atoms with Crippen LogP contribution in [0.3, 0.4) is 0 Å². The average Bonchev–Trinajstić information content (AvgIpc) is 2.70. The highest BCUT2D eigenvalue weighted by Gasteiger charge is 2.30. The second-order valence-electron chi connectivity index (χ2n) is 7.21. The second kappa shape index (κ2) is 9.37. The number of piperazine rings is 1. The van der Waals surface area contributed by atoms with E-state index in [1.807, 2.05) is 19.1 Å². The van der Waals surface area contributed by atoms with Crippen molar-refractivity contribution in [1.29, 1.82) is 0 Å². The second-order valence-corrected chi connectivity index (χ2v) is 7.21. The molecule has 2 aliphatic rings. The molecule has 0 spiro atoms. The maximum Gasteiger partial charge on any atom is 0.409 e. The molecule has 0 aliphatic carbocycles. The molecule has 1 amide bonds. The van der Waals surface area contributed by atoms with Gasteiger partial charge in [-0.2, -0.15) is 0 Å². The lowest BCUT2D eigenvalue weighted by molar-refractivity contribution is 0.0410. The Bertz CT molecular complexity index is 635. The monoisotopic (exact) mass is 379 g/mol. The molecule has 0 saturated carbocycles. The lowest BCUT2D eigenvalue weighted by Gasteiger charge is -2.43. The van der Waals surface area contributed by atoms with Crippen LogP contribution in [0.15, 0.2) is 18.2 Å². The van der Waals surface area contributed by atoms with Crippen molar-refractivity contribution in [3.63, 3.8) is 0 Å². The van der Waals surface area contributed by atoms with Crippen molar-refractivity contribution in [2.45, 2.75) is 32.4 Å². The molecule has 0 bridgehead atoms. The molecule has 0 unspecified atom stereocenters. The van der Waals surface area contributed by atoms with E-state index in [-0.39, 0.29) is 11.9 Å². The molecule has 2 heterocycles. The van der Waals surface area contributed by atoms with Gasteiger partial charge in [0.15, 0.2) is 0 Å². The minimum Gasteiger partial charge on any atom is -0.497 e. The van der Waals surface area contributed by atoms with Gasteiger partial charge < -0.3 is 14.4 Å². The van der Waals surface area contributed by atoms with E-state index in [0.717, 1.165) is 39.0 Å². The van der Waals surface area contributed by atoms with E-state index in [9.17, 15) is 9.18 Å². The summed E-state index contributed by atoms with van der Waals surface area (Å²) in [5, 5.41) is 0. The molecule has 6 nitrogen and oxygen atoms in total. The number of rotatable bonds is 5. The largest absolute Gasteiger partial charge is 0.497 e. The predicted octanol–water partition coefficient (Wildman–Crippen LogP) is 2.57. The summed E-state index contributed by atoms with van der Waals surface area (Å²) in [6, 6.07) is 5.54. The van der Waals surface area contributed by atoms with Gasteiger partial charge >= 0.3 is 6.09 Å². The van der Waals surface area contributed by atoms with Crippen molar-refractivity contribution >= 4 is 6.09 Å². The lowest BCUT2D eigenvalue weighted by atomic mass is 10.0. The molecule has 1 aromatic carbocycles. The first-order valence-electron chi connectivity index (χ1n) is 9.81. The summed E-state index contributed by atoms with van der Waals surface area (Å²) >= 11 is 0. The van der Waals surface area contributed by atoms with E-state index in [0.29, 0.717) is 43.6 Å². The summed E-state index contributed by atoms with van der Waals surface area (Å²) in [6.45, 7) is 7.95. The summed E-state index contributed by atoms with van der Waals surface area (Å²) < 4.78 is 24.4. The van der Waals surface area contributed by atoms with E-state index in [1.165, 1.54) is 6.07 Å². The fraction of sp³-hybridized carbons (Fsp3) is 0.650. The van der Waals surface area contributed by atoms with Crippen molar-refractivity contribution in [2.24, 2.45) is 0 Å². The number of hydrogen-bond acceptors (Lipinski definition) is 5. The minimum atomic E-state index is -0.211. The van der Waals surface area contributed by atoms with Crippen molar-refractivity contribution in [3.05, 3.63) is 29.6 Å². The predicted molar refractivity (Wildman–Crippen MR) is 101 cm³/mol. The van der Waals surface area contributed by atoms with E-state index in [1.54, 1.807) is 12.0 Å². The first-order chi connectivity index (χ1) is 13.1. The molecular formula is C20H30FN3O3. The summed E-state index contributed by atoms with van der Waals surface area (Å²) in [6.07, 6.45) is 2.05. The van der Waals surface area contributed by atoms with Crippen LogP contribution in [0.4, 0.5) is 9.18 Å². The van der Waals surface area contributed by atoms with E-state index in [2.05, 4.69) is 9.80 Å². The van der Waals surface area contributed by atoms with Gasteiger partial charge in [0, 0.05) is 56.9 Å².